The van der Waals surface area contributed by atoms with Crippen LogP contribution in [-0.4, -0.2) is 32.1 Å². The first-order valence-corrected chi connectivity index (χ1v) is 12.3. The molecule has 3 N–H and O–H groups in total. The normalized spacial score (nSPS) is 18.7. The lowest BCUT2D eigenvalue weighted by Gasteiger charge is -2.19. The summed E-state index contributed by atoms with van der Waals surface area (Å²) in [6.45, 7) is 0.629. The van der Waals surface area contributed by atoms with Crippen molar-refractivity contribution in [3.63, 3.8) is 0 Å². The number of anilines is 1. The summed E-state index contributed by atoms with van der Waals surface area (Å²) in [6, 6.07) is 4.20. The quantitative estimate of drug-likeness (QED) is 0.419. The second-order valence-corrected chi connectivity index (χ2v) is 9.79. The minimum absolute atomic E-state index is 0.0215. The van der Waals surface area contributed by atoms with Crippen LogP contribution in [0.1, 0.15) is 81.0 Å². The lowest BCUT2D eigenvalue weighted by Crippen LogP contribution is -2.35. The molecule has 0 radical (unpaired) electrons. The van der Waals surface area contributed by atoms with Gasteiger partial charge in [-0.1, -0.05) is 37.3 Å². The molecule has 0 bridgehead atoms. The third kappa shape index (κ3) is 6.31. The molecule has 0 aromatic heterocycles. The number of sulfonamides is 1. The summed E-state index contributed by atoms with van der Waals surface area (Å²) in [5.41, 5.74) is 1.85. The molecule has 6 nitrogen and oxygen atoms in total. The predicted molar refractivity (Wildman–Crippen MR) is 115 cm³/mol. The lowest BCUT2D eigenvalue weighted by atomic mass is 9.97. The Morgan fingerprint density at radius 2 is 1.83 bits per heavy atom. The molecule has 1 aromatic rings. The van der Waals surface area contributed by atoms with Gasteiger partial charge < -0.3 is 10.4 Å². The molecule has 0 unspecified atom stereocenters. The highest BCUT2D eigenvalue weighted by Gasteiger charge is 2.25. The molecule has 0 heterocycles. The molecule has 2 aliphatic rings. The largest absolute Gasteiger partial charge is 0.478 e. The maximum Gasteiger partial charge on any atom is 0.335 e. The molecule has 29 heavy (non-hydrogen) atoms. The van der Waals surface area contributed by atoms with Gasteiger partial charge in [0.2, 0.25) is 10.0 Å². The maximum absolute atomic E-state index is 13.1. The second kappa shape index (κ2) is 10.3. The van der Waals surface area contributed by atoms with Crippen LogP contribution in [0.25, 0.3) is 0 Å². The number of carbonyl (C=O) groups is 1. The van der Waals surface area contributed by atoms with Crippen LogP contribution < -0.4 is 10.0 Å². The van der Waals surface area contributed by atoms with Gasteiger partial charge in [-0.05, 0) is 63.1 Å². The molecule has 0 atom stereocenters. The monoisotopic (exact) mass is 420 g/mol. The van der Waals surface area contributed by atoms with Gasteiger partial charge in [0, 0.05) is 12.6 Å². The van der Waals surface area contributed by atoms with Crippen molar-refractivity contribution in [2.45, 2.75) is 81.6 Å². The number of benzene rings is 1. The smallest absolute Gasteiger partial charge is 0.335 e. The number of hydrogen-bond donors (Lipinski definition) is 3. The summed E-state index contributed by atoms with van der Waals surface area (Å²) in [6.07, 6.45) is 13.8. The molecule has 1 saturated carbocycles. The summed E-state index contributed by atoms with van der Waals surface area (Å²) in [5, 5.41) is 12.6. The number of hydrogen-bond acceptors (Lipinski definition) is 4. The third-order valence-corrected chi connectivity index (χ3v) is 7.40. The van der Waals surface area contributed by atoms with Crippen LogP contribution in [0.2, 0.25) is 0 Å². The van der Waals surface area contributed by atoms with E-state index in [0.29, 0.717) is 12.2 Å². The topological polar surface area (TPSA) is 95.5 Å². The molecular weight excluding hydrogens is 388 g/mol. The van der Waals surface area contributed by atoms with Crippen LogP contribution in [0.3, 0.4) is 0 Å². The minimum atomic E-state index is -3.81. The van der Waals surface area contributed by atoms with E-state index < -0.39 is 16.0 Å². The molecule has 0 aliphatic heterocycles. The number of carboxylic acid groups (broad SMARTS) is 1. The lowest BCUT2D eigenvalue weighted by molar-refractivity contribution is 0.0696. The Hall–Kier alpha value is -1.86. The fourth-order valence-electron chi connectivity index (χ4n) is 4.19. The summed E-state index contributed by atoms with van der Waals surface area (Å²) >= 11 is 0. The van der Waals surface area contributed by atoms with Gasteiger partial charge in [-0.25, -0.2) is 17.9 Å². The first kappa shape index (κ1) is 21.8. The van der Waals surface area contributed by atoms with Gasteiger partial charge in [-0.3, -0.25) is 0 Å². The minimum Gasteiger partial charge on any atom is -0.478 e. The fraction of sp³-hybridized carbons (Fsp3) is 0.591. The van der Waals surface area contributed by atoms with Crippen molar-refractivity contribution in [2.75, 3.05) is 11.9 Å². The van der Waals surface area contributed by atoms with Crippen LogP contribution in [-0.2, 0) is 10.0 Å². The molecule has 160 valence electrons. The van der Waals surface area contributed by atoms with Crippen molar-refractivity contribution in [1.29, 1.82) is 0 Å². The second-order valence-electron chi connectivity index (χ2n) is 8.11. The van der Waals surface area contributed by atoms with Crippen molar-refractivity contribution in [3.05, 3.63) is 35.4 Å². The Balaban J connectivity index is 1.77. The summed E-state index contributed by atoms with van der Waals surface area (Å²) in [5.74, 6) is -1.13. The summed E-state index contributed by atoms with van der Waals surface area (Å²) in [4.78, 5) is 11.4. The number of allylic oxidation sites excluding steroid dienone is 1. The van der Waals surface area contributed by atoms with Crippen molar-refractivity contribution >= 4 is 21.7 Å². The third-order valence-electron chi connectivity index (χ3n) is 5.84. The molecule has 7 heteroatoms. The molecule has 0 saturated heterocycles. The Morgan fingerprint density at radius 1 is 1.07 bits per heavy atom. The van der Waals surface area contributed by atoms with Gasteiger partial charge in [0.05, 0.1) is 11.3 Å². The SMILES string of the molecule is O=C(O)c1ccc(NCCC2=CCCCC2)c(S(=O)(=O)NC2CCCCCC2)c1. The Labute approximate surface area is 173 Å². The van der Waals surface area contributed by atoms with E-state index in [4.69, 9.17) is 0 Å². The van der Waals surface area contributed by atoms with Crippen LogP contribution >= 0.6 is 0 Å². The van der Waals surface area contributed by atoms with Crippen LogP contribution in [0.4, 0.5) is 5.69 Å². The maximum atomic E-state index is 13.1. The van der Waals surface area contributed by atoms with E-state index in [1.807, 2.05) is 0 Å². The molecular formula is C22H32N2O4S. The highest BCUT2D eigenvalue weighted by atomic mass is 32.2. The predicted octanol–water partition coefficient (Wildman–Crippen LogP) is 4.69. The van der Waals surface area contributed by atoms with Gasteiger partial charge >= 0.3 is 5.97 Å². The van der Waals surface area contributed by atoms with Crippen molar-refractivity contribution in [1.82, 2.24) is 4.72 Å². The summed E-state index contributed by atoms with van der Waals surface area (Å²) in [7, 11) is -3.81. The first-order chi connectivity index (χ1) is 14.0. The van der Waals surface area contributed by atoms with Crippen molar-refractivity contribution < 1.29 is 18.3 Å². The van der Waals surface area contributed by atoms with E-state index in [1.54, 1.807) is 6.07 Å². The molecule has 1 fully saturated rings. The zero-order chi connectivity index (χ0) is 20.7. The van der Waals surface area contributed by atoms with Gasteiger partial charge in [-0.15, -0.1) is 0 Å². The molecule has 1 aromatic carbocycles. The average Bonchev–Trinajstić information content (AvgIpc) is 2.97. The number of nitrogens with one attached hydrogen (secondary N) is 2. The van der Waals surface area contributed by atoms with Crippen molar-refractivity contribution in [2.24, 2.45) is 0 Å². The van der Waals surface area contributed by atoms with E-state index in [0.717, 1.165) is 57.8 Å². The van der Waals surface area contributed by atoms with E-state index in [9.17, 15) is 18.3 Å². The molecule has 3 rings (SSSR count). The highest BCUT2D eigenvalue weighted by Crippen LogP contribution is 2.26. The van der Waals surface area contributed by atoms with E-state index in [2.05, 4.69) is 16.1 Å². The zero-order valence-electron chi connectivity index (χ0n) is 17.0. The van der Waals surface area contributed by atoms with Crippen LogP contribution in [0.5, 0.6) is 0 Å². The van der Waals surface area contributed by atoms with Gasteiger partial charge in [-0.2, -0.15) is 0 Å². The van der Waals surface area contributed by atoms with Gasteiger partial charge in [0.25, 0.3) is 0 Å². The molecule has 0 amide bonds. The van der Waals surface area contributed by atoms with Crippen LogP contribution in [0.15, 0.2) is 34.7 Å². The molecule has 2 aliphatic carbocycles. The fourth-order valence-corrected chi connectivity index (χ4v) is 5.71. The number of carboxylic acids is 1. The van der Waals surface area contributed by atoms with Gasteiger partial charge in [0.1, 0.15) is 4.90 Å². The van der Waals surface area contributed by atoms with E-state index in [-0.39, 0.29) is 16.5 Å². The average molecular weight is 421 g/mol. The number of rotatable bonds is 8. The van der Waals surface area contributed by atoms with Crippen LogP contribution in [0, 0.1) is 0 Å². The Morgan fingerprint density at radius 3 is 2.48 bits per heavy atom. The highest BCUT2D eigenvalue weighted by molar-refractivity contribution is 7.89. The van der Waals surface area contributed by atoms with E-state index in [1.165, 1.54) is 30.5 Å². The van der Waals surface area contributed by atoms with E-state index >= 15 is 0 Å². The number of aromatic carboxylic acids is 1. The standard InChI is InChI=1S/C22H32N2O4S/c25-22(26)18-12-13-20(23-15-14-17-8-4-3-5-9-17)21(16-18)29(27,28)24-19-10-6-1-2-7-11-19/h8,12-13,16,19,23-24H,1-7,9-11,14-15H2,(H,25,26). The first-order valence-electron chi connectivity index (χ1n) is 10.8. The Bertz CT molecular complexity index is 840. The zero-order valence-corrected chi connectivity index (χ0v) is 17.8. The van der Waals surface area contributed by atoms with Crippen molar-refractivity contribution in [3.8, 4) is 0 Å². The summed E-state index contributed by atoms with van der Waals surface area (Å²) < 4.78 is 29.1. The Kier molecular flexibility index (Phi) is 7.72. The van der Waals surface area contributed by atoms with Gasteiger partial charge in [0.15, 0.2) is 0 Å². The molecule has 0 spiro atoms.